The third-order valence-electron chi connectivity index (χ3n) is 5.06. The molecule has 2 N–H and O–H groups in total. The van der Waals surface area contributed by atoms with Crippen LogP contribution in [0.4, 0.5) is 0 Å². The number of nitrogens with one attached hydrogen (secondary N) is 2. The van der Waals surface area contributed by atoms with Crippen LogP contribution in [0.3, 0.4) is 0 Å². The summed E-state index contributed by atoms with van der Waals surface area (Å²) in [6.07, 6.45) is 0.927. The second kappa shape index (κ2) is 9.36. The zero-order chi connectivity index (χ0) is 21.8. The molecular weight excluding hydrogens is 428 g/mol. The maximum Gasteiger partial charge on any atom is 0.262 e. The predicted octanol–water partition coefficient (Wildman–Crippen LogP) is 4.24. The number of H-pyrrole nitrogens is 1. The Morgan fingerprint density at radius 2 is 1.97 bits per heavy atom. The summed E-state index contributed by atoms with van der Waals surface area (Å²) in [6, 6.07) is 15.4. The lowest BCUT2D eigenvalue weighted by Gasteiger charge is -2.09. The lowest BCUT2D eigenvalue weighted by molar-refractivity contribution is -0.121. The second-order valence-electron chi connectivity index (χ2n) is 7.23. The molecule has 0 bridgehead atoms. The molecule has 0 aliphatic carbocycles. The van der Waals surface area contributed by atoms with Crippen molar-refractivity contribution in [3.63, 3.8) is 0 Å². The summed E-state index contributed by atoms with van der Waals surface area (Å²) in [4.78, 5) is 32.4. The first-order valence-electron chi connectivity index (χ1n) is 10.0. The van der Waals surface area contributed by atoms with E-state index in [9.17, 15) is 9.59 Å². The normalized spacial score (nSPS) is 11.0. The molecule has 0 aliphatic heterocycles. The highest BCUT2D eigenvalue weighted by Crippen LogP contribution is 2.21. The molecule has 6 nitrogen and oxygen atoms in total. The molecule has 2 heterocycles. The van der Waals surface area contributed by atoms with Crippen LogP contribution in [0, 0.1) is 11.7 Å². The van der Waals surface area contributed by atoms with E-state index in [-0.39, 0.29) is 24.4 Å². The Morgan fingerprint density at radius 1 is 1.19 bits per heavy atom. The number of carbonyl (C=O) groups excluding carboxylic acids is 1. The molecule has 0 fully saturated rings. The summed E-state index contributed by atoms with van der Waals surface area (Å²) >= 11 is 6.93. The number of benzene rings is 2. The number of aromatic amines is 1. The van der Waals surface area contributed by atoms with Gasteiger partial charge in [-0.15, -0.1) is 11.3 Å². The van der Waals surface area contributed by atoms with Gasteiger partial charge in [0.1, 0.15) is 0 Å². The summed E-state index contributed by atoms with van der Waals surface area (Å²) in [6.45, 7) is 2.77. The number of rotatable bonds is 7. The quantitative estimate of drug-likeness (QED) is 0.413. The van der Waals surface area contributed by atoms with E-state index >= 15 is 0 Å². The van der Waals surface area contributed by atoms with E-state index in [4.69, 9.17) is 12.2 Å². The molecule has 8 heteroatoms. The van der Waals surface area contributed by atoms with Gasteiger partial charge in [-0.05, 0) is 43.3 Å². The average Bonchev–Trinajstić information content (AvgIpc) is 3.20. The number of aromatic nitrogens is 3. The highest BCUT2D eigenvalue weighted by atomic mass is 32.1. The predicted molar refractivity (Wildman–Crippen MR) is 127 cm³/mol. The van der Waals surface area contributed by atoms with E-state index in [0.29, 0.717) is 22.2 Å². The van der Waals surface area contributed by atoms with Crippen LogP contribution in [0.25, 0.3) is 22.2 Å². The van der Waals surface area contributed by atoms with Gasteiger partial charge in [0, 0.05) is 30.5 Å². The molecule has 0 unspecified atom stereocenters. The SMILES string of the molecule is Cc1nc(-c2ccc(CCNC(=O)CCn3c(=S)[nH]c4ccccc4c3=O)cc2)cs1. The van der Waals surface area contributed by atoms with Crippen molar-refractivity contribution in [2.45, 2.75) is 26.3 Å². The molecule has 31 heavy (non-hydrogen) atoms. The molecule has 0 atom stereocenters. The first-order chi connectivity index (χ1) is 15.0. The summed E-state index contributed by atoms with van der Waals surface area (Å²) in [5, 5.41) is 6.58. The van der Waals surface area contributed by atoms with Crippen LogP contribution in [-0.4, -0.2) is 27.0 Å². The summed E-state index contributed by atoms with van der Waals surface area (Å²) < 4.78 is 1.77. The van der Waals surface area contributed by atoms with Gasteiger partial charge in [0.15, 0.2) is 4.77 Å². The minimum absolute atomic E-state index is 0.107. The lowest BCUT2D eigenvalue weighted by atomic mass is 10.1. The molecule has 4 aromatic rings. The van der Waals surface area contributed by atoms with Crippen molar-refractivity contribution in [1.29, 1.82) is 0 Å². The fraction of sp³-hybridized carbons (Fsp3) is 0.217. The minimum atomic E-state index is -0.178. The van der Waals surface area contributed by atoms with Crippen LogP contribution >= 0.6 is 23.6 Å². The fourth-order valence-corrected chi connectivity index (χ4v) is 4.29. The first-order valence-corrected chi connectivity index (χ1v) is 11.3. The van der Waals surface area contributed by atoms with Gasteiger partial charge >= 0.3 is 0 Å². The molecule has 158 valence electrons. The number of hydrogen-bond acceptors (Lipinski definition) is 5. The molecule has 0 aliphatic rings. The van der Waals surface area contributed by atoms with Gasteiger partial charge in [-0.25, -0.2) is 4.98 Å². The highest BCUT2D eigenvalue weighted by molar-refractivity contribution is 7.71. The van der Waals surface area contributed by atoms with Gasteiger partial charge in [-0.1, -0.05) is 36.4 Å². The zero-order valence-corrected chi connectivity index (χ0v) is 18.7. The Morgan fingerprint density at radius 3 is 2.71 bits per heavy atom. The van der Waals surface area contributed by atoms with Crippen LogP contribution in [0.5, 0.6) is 0 Å². The molecule has 0 radical (unpaired) electrons. The molecule has 0 spiro atoms. The number of hydrogen-bond donors (Lipinski definition) is 2. The molecule has 1 amide bonds. The molecular formula is C23H22N4O2S2. The van der Waals surface area contributed by atoms with E-state index in [0.717, 1.165) is 28.2 Å². The number of aryl methyl sites for hydroxylation is 1. The van der Waals surface area contributed by atoms with Crippen LogP contribution in [0.2, 0.25) is 0 Å². The highest BCUT2D eigenvalue weighted by Gasteiger charge is 2.08. The summed E-state index contributed by atoms with van der Waals surface area (Å²) in [5.41, 5.74) is 3.75. The fourth-order valence-electron chi connectivity index (χ4n) is 3.39. The Labute approximate surface area is 188 Å². The number of carbonyl (C=O) groups is 1. The van der Waals surface area contributed by atoms with Crippen molar-refractivity contribution in [1.82, 2.24) is 19.9 Å². The monoisotopic (exact) mass is 450 g/mol. The molecule has 0 saturated heterocycles. The van der Waals surface area contributed by atoms with Crippen molar-refractivity contribution >= 4 is 40.4 Å². The summed E-state index contributed by atoms with van der Waals surface area (Å²) in [7, 11) is 0. The molecule has 4 rings (SSSR count). The second-order valence-corrected chi connectivity index (χ2v) is 8.68. The average molecular weight is 451 g/mol. The third-order valence-corrected chi connectivity index (χ3v) is 6.15. The van der Waals surface area contributed by atoms with Gasteiger partial charge in [-0.2, -0.15) is 0 Å². The Balaban J connectivity index is 1.30. The third kappa shape index (κ3) is 4.98. The Kier molecular flexibility index (Phi) is 6.39. The van der Waals surface area contributed by atoms with Crippen LogP contribution in [-0.2, 0) is 17.8 Å². The van der Waals surface area contributed by atoms with Crippen molar-refractivity contribution in [2.24, 2.45) is 0 Å². The van der Waals surface area contributed by atoms with E-state index < -0.39 is 0 Å². The van der Waals surface area contributed by atoms with E-state index in [1.807, 2.05) is 25.1 Å². The van der Waals surface area contributed by atoms with Crippen molar-refractivity contribution in [3.05, 3.63) is 79.6 Å². The zero-order valence-electron chi connectivity index (χ0n) is 17.1. The van der Waals surface area contributed by atoms with Crippen LogP contribution in [0.15, 0.2) is 58.7 Å². The van der Waals surface area contributed by atoms with E-state index in [1.54, 1.807) is 17.4 Å². The topological polar surface area (TPSA) is 79.8 Å². The van der Waals surface area contributed by atoms with Crippen LogP contribution < -0.4 is 10.9 Å². The standard InChI is InChI=1S/C23H22N4O2S2/c1-15-25-20(14-31-15)17-8-6-16(7-9-17)10-12-24-21(28)11-13-27-22(29)18-4-2-3-5-19(18)26-23(27)30/h2-9,14H,10-13H2,1H3,(H,24,28)(H,26,30). The van der Waals surface area contributed by atoms with E-state index in [2.05, 4.69) is 44.9 Å². The lowest BCUT2D eigenvalue weighted by Crippen LogP contribution is -2.29. The van der Waals surface area contributed by atoms with Gasteiger partial charge in [0.2, 0.25) is 5.91 Å². The Hall–Kier alpha value is -3.10. The van der Waals surface area contributed by atoms with Crippen LogP contribution in [0.1, 0.15) is 17.0 Å². The molecule has 0 saturated carbocycles. The number of amides is 1. The number of para-hydroxylation sites is 1. The largest absolute Gasteiger partial charge is 0.356 e. The van der Waals surface area contributed by atoms with Gasteiger partial charge < -0.3 is 10.3 Å². The maximum absolute atomic E-state index is 12.6. The van der Waals surface area contributed by atoms with Crippen molar-refractivity contribution in [3.8, 4) is 11.3 Å². The number of nitrogens with zero attached hydrogens (tertiary/aromatic N) is 2. The Bertz CT molecular complexity index is 1340. The van der Waals surface area contributed by atoms with Gasteiger partial charge in [0.25, 0.3) is 5.56 Å². The molecule has 2 aromatic heterocycles. The van der Waals surface area contributed by atoms with Crippen molar-refractivity contribution < 1.29 is 4.79 Å². The molecule has 2 aromatic carbocycles. The minimum Gasteiger partial charge on any atom is -0.356 e. The summed E-state index contributed by atoms with van der Waals surface area (Å²) in [5.74, 6) is -0.107. The smallest absolute Gasteiger partial charge is 0.262 e. The number of fused-ring (bicyclic) bond motifs is 1. The maximum atomic E-state index is 12.6. The van der Waals surface area contributed by atoms with Gasteiger partial charge in [0.05, 0.1) is 21.6 Å². The first kappa shape index (κ1) is 21.1. The van der Waals surface area contributed by atoms with Gasteiger partial charge in [-0.3, -0.25) is 14.2 Å². The number of thiazole rings is 1. The van der Waals surface area contributed by atoms with E-state index in [1.165, 1.54) is 4.57 Å². The van der Waals surface area contributed by atoms with Crippen molar-refractivity contribution in [2.75, 3.05) is 6.54 Å².